The topological polar surface area (TPSA) is 84.8 Å². The molecule has 18 heavy (non-hydrogen) atoms. The van der Waals surface area contributed by atoms with Crippen LogP contribution in [0.3, 0.4) is 0 Å². The highest BCUT2D eigenvalue weighted by Crippen LogP contribution is 2.27. The van der Waals surface area contributed by atoms with Crippen molar-refractivity contribution in [1.29, 1.82) is 5.26 Å². The number of hydrogen-bond acceptors (Lipinski definition) is 4. The minimum atomic E-state index is -0.551. The lowest BCUT2D eigenvalue weighted by Crippen LogP contribution is -2.05. The first-order valence-corrected chi connectivity index (χ1v) is 5.25. The van der Waals surface area contributed by atoms with E-state index < -0.39 is 4.92 Å². The van der Waals surface area contributed by atoms with Gasteiger partial charge in [-0.25, -0.2) is 4.68 Å². The van der Waals surface area contributed by atoms with Crippen molar-refractivity contribution in [2.24, 2.45) is 0 Å². The first-order valence-electron chi connectivity index (χ1n) is 5.25. The molecule has 0 atom stereocenters. The summed E-state index contributed by atoms with van der Waals surface area (Å²) < 4.78 is 1.48. The van der Waals surface area contributed by atoms with Gasteiger partial charge in [0.15, 0.2) is 0 Å². The van der Waals surface area contributed by atoms with E-state index >= 15 is 0 Å². The van der Waals surface area contributed by atoms with E-state index in [1.54, 1.807) is 12.1 Å². The number of para-hydroxylation sites is 1. The molecule has 0 radical (unpaired) electrons. The largest absolute Gasteiger partial charge is 0.312 e. The molecule has 0 N–H and O–H groups in total. The average Bonchev–Trinajstić information content (AvgIpc) is 2.67. The van der Waals surface area contributed by atoms with E-state index in [0.717, 1.165) is 11.4 Å². The van der Waals surface area contributed by atoms with E-state index in [-0.39, 0.29) is 11.3 Å². The van der Waals surface area contributed by atoms with E-state index in [1.807, 2.05) is 26.0 Å². The van der Waals surface area contributed by atoms with Gasteiger partial charge in [0.1, 0.15) is 17.3 Å². The number of aromatic nitrogens is 2. The Kier molecular flexibility index (Phi) is 2.81. The first kappa shape index (κ1) is 11.8. The molecule has 0 amide bonds. The van der Waals surface area contributed by atoms with Crippen molar-refractivity contribution < 1.29 is 4.92 Å². The summed E-state index contributed by atoms with van der Waals surface area (Å²) in [6, 6.07) is 8.27. The number of nitro benzene ring substituents is 1. The monoisotopic (exact) mass is 242 g/mol. The van der Waals surface area contributed by atoms with Gasteiger partial charge in [-0.05, 0) is 32.0 Å². The van der Waals surface area contributed by atoms with Gasteiger partial charge in [0.05, 0.1) is 10.6 Å². The normalized spacial score (nSPS) is 10.1. The molecule has 6 heteroatoms. The maximum Gasteiger partial charge on any atom is 0.312 e. The Balaban J connectivity index is 2.76. The number of nitrogens with zero attached hydrogens (tertiary/aromatic N) is 4. The van der Waals surface area contributed by atoms with Gasteiger partial charge in [-0.1, -0.05) is 6.07 Å². The van der Waals surface area contributed by atoms with Crippen LogP contribution in [0.5, 0.6) is 0 Å². The second-order valence-corrected chi connectivity index (χ2v) is 3.88. The zero-order valence-corrected chi connectivity index (χ0v) is 9.91. The van der Waals surface area contributed by atoms with Gasteiger partial charge >= 0.3 is 5.69 Å². The van der Waals surface area contributed by atoms with Gasteiger partial charge in [-0.15, -0.1) is 0 Å². The molecule has 0 saturated carbocycles. The molecule has 0 aliphatic heterocycles. The van der Waals surface area contributed by atoms with Crippen molar-refractivity contribution in [1.82, 2.24) is 9.78 Å². The van der Waals surface area contributed by atoms with Gasteiger partial charge in [0.2, 0.25) is 0 Å². The van der Waals surface area contributed by atoms with Crippen LogP contribution in [0.25, 0.3) is 5.69 Å². The molecule has 2 aromatic rings. The summed E-state index contributed by atoms with van der Waals surface area (Å²) >= 11 is 0. The second-order valence-electron chi connectivity index (χ2n) is 3.88. The summed E-state index contributed by atoms with van der Waals surface area (Å²) in [5, 5.41) is 24.2. The third-order valence-corrected chi connectivity index (χ3v) is 2.56. The molecule has 1 heterocycles. The Morgan fingerprint density at radius 1 is 1.44 bits per heavy atom. The average molecular weight is 242 g/mol. The number of aryl methyl sites for hydroxylation is 2. The number of hydrogen-bond donors (Lipinski definition) is 0. The molecule has 2 rings (SSSR count). The molecule has 0 aliphatic carbocycles. The minimum Gasteiger partial charge on any atom is -0.258 e. The number of nitriles is 1. The Hall–Kier alpha value is -2.68. The fraction of sp³-hybridized carbons (Fsp3) is 0.167. The van der Waals surface area contributed by atoms with E-state index in [1.165, 1.54) is 10.7 Å². The lowest BCUT2D eigenvalue weighted by atomic mass is 10.1. The van der Waals surface area contributed by atoms with Crippen LogP contribution in [0.15, 0.2) is 24.3 Å². The van der Waals surface area contributed by atoms with Gasteiger partial charge in [0, 0.05) is 5.69 Å². The van der Waals surface area contributed by atoms with Crippen LogP contribution < -0.4 is 0 Å². The number of rotatable bonds is 2. The Morgan fingerprint density at radius 2 is 2.17 bits per heavy atom. The molecule has 0 fully saturated rings. The molecule has 6 nitrogen and oxygen atoms in total. The standard InChI is InChI=1S/C12H10N4O2/c1-8-6-9(2)15(14-8)11-5-3-4-10(7-13)12(11)16(17)18/h3-6H,1-2H3. The van der Waals surface area contributed by atoms with Crippen molar-refractivity contribution in [3.05, 3.63) is 51.3 Å². The van der Waals surface area contributed by atoms with Crippen LogP contribution in [-0.4, -0.2) is 14.7 Å². The molecule has 0 aliphatic rings. The summed E-state index contributed by atoms with van der Waals surface area (Å²) in [4.78, 5) is 10.6. The third kappa shape index (κ3) is 1.82. The molecular formula is C12H10N4O2. The van der Waals surface area contributed by atoms with E-state index in [2.05, 4.69) is 5.10 Å². The molecule has 0 saturated heterocycles. The van der Waals surface area contributed by atoms with Gasteiger partial charge in [-0.2, -0.15) is 10.4 Å². The summed E-state index contributed by atoms with van der Waals surface area (Å²) in [7, 11) is 0. The van der Waals surface area contributed by atoms with Crippen molar-refractivity contribution in [3.63, 3.8) is 0 Å². The number of benzene rings is 1. The zero-order valence-electron chi connectivity index (χ0n) is 9.91. The molecule has 90 valence electrons. The van der Waals surface area contributed by atoms with Gasteiger partial charge < -0.3 is 0 Å². The lowest BCUT2D eigenvalue weighted by Gasteiger charge is -2.06. The van der Waals surface area contributed by atoms with Crippen LogP contribution in [-0.2, 0) is 0 Å². The first-order chi connectivity index (χ1) is 8.54. The summed E-state index contributed by atoms with van der Waals surface area (Å²) in [5.41, 5.74) is 1.68. The molecule has 0 unspecified atom stereocenters. The van der Waals surface area contributed by atoms with E-state index in [4.69, 9.17) is 5.26 Å². The predicted octanol–water partition coefficient (Wildman–Crippen LogP) is 2.27. The van der Waals surface area contributed by atoms with Crippen molar-refractivity contribution >= 4 is 5.69 Å². The van der Waals surface area contributed by atoms with Crippen LogP contribution >= 0.6 is 0 Å². The van der Waals surface area contributed by atoms with Crippen LogP contribution in [0.1, 0.15) is 17.0 Å². The van der Waals surface area contributed by atoms with Gasteiger partial charge in [-0.3, -0.25) is 10.1 Å². The van der Waals surface area contributed by atoms with Crippen LogP contribution in [0, 0.1) is 35.3 Å². The molecule has 0 spiro atoms. The zero-order chi connectivity index (χ0) is 13.3. The third-order valence-electron chi connectivity index (χ3n) is 2.56. The Morgan fingerprint density at radius 3 is 2.67 bits per heavy atom. The SMILES string of the molecule is Cc1cc(C)n(-c2cccc(C#N)c2[N+](=O)[O-])n1. The predicted molar refractivity (Wildman–Crippen MR) is 64.4 cm³/mol. The minimum absolute atomic E-state index is 0.0325. The van der Waals surface area contributed by atoms with Crippen molar-refractivity contribution in [3.8, 4) is 11.8 Å². The highest BCUT2D eigenvalue weighted by Gasteiger charge is 2.22. The Bertz CT molecular complexity index is 667. The summed E-state index contributed by atoms with van der Waals surface area (Å²) in [6.07, 6.45) is 0. The Labute approximate surface area is 103 Å². The molecule has 0 bridgehead atoms. The number of nitro groups is 1. The maximum absolute atomic E-state index is 11.1. The van der Waals surface area contributed by atoms with Crippen molar-refractivity contribution in [2.75, 3.05) is 0 Å². The fourth-order valence-electron chi connectivity index (χ4n) is 1.86. The smallest absolute Gasteiger partial charge is 0.258 e. The van der Waals surface area contributed by atoms with Gasteiger partial charge in [0.25, 0.3) is 0 Å². The molecule has 1 aromatic heterocycles. The van der Waals surface area contributed by atoms with Crippen LogP contribution in [0.2, 0.25) is 0 Å². The fourth-order valence-corrected chi connectivity index (χ4v) is 1.86. The summed E-state index contributed by atoms with van der Waals surface area (Å²) in [6.45, 7) is 3.62. The molecule has 1 aromatic carbocycles. The van der Waals surface area contributed by atoms with E-state index in [9.17, 15) is 10.1 Å². The second kappa shape index (κ2) is 4.30. The van der Waals surface area contributed by atoms with Crippen LogP contribution in [0.4, 0.5) is 5.69 Å². The quantitative estimate of drug-likeness (QED) is 0.597. The maximum atomic E-state index is 11.1. The van der Waals surface area contributed by atoms with E-state index in [0.29, 0.717) is 5.69 Å². The van der Waals surface area contributed by atoms with Crippen molar-refractivity contribution in [2.45, 2.75) is 13.8 Å². The molecular weight excluding hydrogens is 232 g/mol. The summed E-state index contributed by atoms with van der Waals surface area (Å²) in [5.74, 6) is 0. The highest BCUT2D eigenvalue weighted by molar-refractivity contribution is 5.62. The lowest BCUT2D eigenvalue weighted by molar-refractivity contribution is -0.384. The highest BCUT2D eigenvalue weighted by atomic mass is 16.6.